The van der Waals surface area contributed by atoms with E-state index < -0.39 is 11.2 Å². The van der Waals surface area contributed by atoms with Gasteiger partial charge in [-0.15, -0.1) is 11.8 Å². The highest BCUT2D eigenvalue weighted by Gasteiger charge is 2.41. The number of rotatable bonds is 5. The number of carbonyl (C=O) groups excluding carboxylic acids is 2. The summed E-state index contributed by atoms with van der Waals surface area (Å²) in [6.45, 7) is 0. The Morgan fingerprint density at radius 1 is 1.16 bits per heavy atom. The van der Waals surface area contributed by atoms with E-state index in [4.69, 9.17) is 4.74 Å². The first-order valence-electron chi connectivity index (χ1n) is 7.51. The molecule has 7 heteroatoms. The van der Waals surface area contributed by atoms with Crippen LogP contribution in [0.3, 0.4) is 0 Å². The van der Waals surface area contributed by atoms with Gasteiger partial charge in [-0.1, -0.05) is 24.3 Å². The number of anilines is 1. The van der Waals surface area contributed by atoms with Gasteiger partial charge in [0.25, 0.3) is 0 Å². The van der Waals surface area contributed by atoms with Gasteiger partial charge in [0.15, 0.2) is 0 Å². The molecular weight excluding hydrogens is 342 g/mol. The second-order valence-electron chi connectivity index (χ2n) is 5.35. The molecule has 2 amide bonds. The van der Waals surface area contributed by atoms with Crippen LogP contribution in [-0.4, -0.2) is 35.2 Å². The number of amides is 2. The Bertz CT molecular complexity index is 851. The third kappa shape index (κ3) is 3.23. The molecule has 6 nitrogen and oxygen atoms in total. The van der Waals surface area contributed by atoms with Crippen molar-refractivity contribution in [2.75, 3.05) is 12.0 Å². The molecule has 1 saturated heterocycles. The highest BCUT2D eigenvalue weighted by atomic mass is 32.2. The number of aromatic carboxylic acids is 1. The van der Waals surface area contributed by atoms with Gasteiger partial charge in [-0.2, -0.15) is 0 Å². The molecule has 2 aromatic carbocycles. The van der Waals surface area contributed by atoms with Gasteiger partial charge < -0.3 is 9.84 Å². The maximum absolute atomic E-state index is 12.8. The van der Waals surface area contributed by atoms with Crippen LogP contribution >= 0.6 is 11.8 Å². The Hall–Kier alpha value is -2.80. The van der Waals surface area contributed by atoms with Crippen molar-refractivity contribution in [1.29, 1.82) is 0 Å². The molecule has 0 aliphatic carbocycles. The average molecular weight is 357 g/mol. The van der Waals surface area contributed by atoms with Gasteiger partial charge in [-0.25, -0.2) is 9.69 Å². The van der Waals surface area contributed by atoms with Crippen molar-refractivity contribution in [3.05, 3.63) is 54.1 Å². The molecule has 3 rings (SSSR count). The Balaban J connectivity index is 1.89. The van der Waals surface area contributed by atoms with Gasteiger partial charge >= 0.3 is 5.97 Å². The molecule has 0 bridgehead atoms. The molecule has 1 aliphatic rings. The van der Waals surface area contributed by atoms with Crippen LogP contribution < -0.4 is 9.64 Å². The van der Waals surface area contributed by atoms with Crippen molar-refractivity contribution >= 4 is 35.2 Å². The standard InChI is InChI=1S/C18H15NO5S/c1-24-13-8-4-3-7-12(13)19-16(20)10-15(17(19)21)25-14-9-5-2-6-11(14)18(22)23/h2-9,15H,10H2,1H3,(H,22,23)/t15-/m0/s1. The maximum Gasteiger partial charge on any atom is 0.336 e. The second kappa shape index (κ2) is 6.98. The van der Waals surface area contributed by atoms with E-state index in [2.05, 4.69) is 0 Å². The minimum atomic E-state index is -1.07. The SMILES string of the molecule is COc1ccccc1N1C(=O)C[C@H](Sc2ccccc2C(=O)O)C1=O. The molecule has 0 saturated carbocycles. The molecule has 0 spiro atoms. The highest BCUT2D eigenvalue weighted by molar-refractivity contribution is 8.00. The number of methoxy groups -OCH3 is 1. The zero-order chi connectivity index (χ0) is 18.0. The van der Waals surface area contributed by atoms with Crippen LogP contribution in [0.1, 0.15) is 16.8 Å². The Kier molecular flexibility index (Phi) is 4.76. The lowest BCUT2D eigenvalue weighted by Gasteiger charge is -2.18. The number of carboxylic acids is 1. The predicted octanol–water partition coefficient (Wildman–Crippen LogP) is 2.82. The van der Waals surface area contributed by atoms with Gasteiger partial charge in [0.05, 0.1) is 23.6 Å². The number of thioether (sulfide) groups is 1. The molecule has 0 aromatic heterocycles. The van der Waals surface area contributed by atoms with E-state index in [1.165, 1.54) is 13.2 Å². The van der Waals surface area contributed by atoms with Crippen LogP contribution in [0.5, 0.6) is 5.75 Å². The van der Waals surface area contributed by atoms with Gasteiger partial charge in [-0.05, 0) is 24.3 Å². The monoisotopic (exact) mass is 357 g/mol. The number of para-hydroxylation sites is 2. The van der Waals surface area contributed by atoms with Crippen LogP contribution in [0.2, 0.25) is 0 Å². The molecule has 1 N–H and O–H groups in total. The van der Waals surface area contributed by atoms with E-state index in [9.17, 15) is 19.5 Å². The van der Waals surface area contributed by atoms with Gasteiger partial charge in [0.2, 0.25) is 11.8 Å². The molecule has 1 atom stereocenters. The van der Waals surface area contributed by atoms with Crippen LogP contribution in [0.4, 0.5) is 5.69 Å². The van der Waals surface area contributed by atoms with Crippen molar-refractivity contribution < 1.29 is 24.2 Å². The summed E-state index contributed by atoms with van der Waals surface area (Å²) < 4.78 is 5.23. The van der Waals surface area contributed by atoms with Crippen molar-refractivity contribution in [1.82, 2.24) is 0 Å². The van der Waals surface area contributed by atoms with E-state index in [0.29, 0.717) is 16.3 Å². The first-order valence-corrected chi connectivity index (χ1v) is 8.39. The van der Waals surface area contributed by atoms with E-state index >= 15 is 0 Å². The van der Waals surface area contributed by atoms with Gasteiger partial charge in [0.1, 0.15) is 5.75 Å². The first-order chi connectivity index (χ1) is 12.0. The summed E-state index contributed by atoms with van der Waals surface area (Å²) in [5.41, 5.74) is 0.512. The summed E-state index contributed by atoms with van der Waals surface area (Å²) in [5.74, 6) is -1.35. The lowest BCUT2D eigenvalue weighted by molar-refractivity contribution is -0.121. The zero-order valence-electron chi connectivity index (χ0n) is 13.3. The smallest absolute Gasteiger partial charge is 0.336 e. The third-order valence-electron chi connectivity index (χ3n) is 3.82. The minimum Gasteiger partial charge on any atom is -0.495 e. The molecule has 1 heterocycles. The summed E-state index contributed by atoms with van der Waals surface area (Å²) in [7, 11) is 1.47. The average Bonchev–Trinajstić information content (AvgIpc) is 2.88. The summed E-state index contributed by atoms with van der Waals surface area (Å²) in [6.07, 6.45) is 0.00943. The van der Waals surface area contributed by atoms with Crippen molar-refractivity contribution in [3.8, 4) is 5.75 Å². The van der Waals surface area contributed by atoms with Crippen LogP contribution in [-0.2, 0) is 9.59 Å². The third-order valence-corrected chi connectivity index (χ3v) is 5.08. The normalized spacial score (nSPS) is 17.0. The fourth-order valence-corrected chi connectivity index (χ4v) is 3.84. The van der Waals surface area contributed by atoms with Crippen molar-refractivity contribution in [2.24, 2.45) is 0 Å². The number of benzene rings is 2. The van der Waals surface area contributed by atoms with Gasteiger partial charge in [-0.3, -0.25) is 9.59 Å². The van der Waals surface area contributed by atoms with E-state index in [1.54, 1.807) is 42.5 Å². The lowest BCUT2D eigenvalue weighted by atomic mass is 10.2. The summed E-state index contributed by atoms with van der Waals surface area (Å²) in [4.78, 5) is 38.0. The molecule has 0 radical (unpaired) electrons. The van der Waals surface area contributed by atoms with Crippen LogP contribution in [0.15, 0.2) is 53.4 Å². The summed E-state index contributed by atoms with van der Waals surface area (Å²) >= 11 is 1.10. The first kappa shape index (κ1) is 17.0. The molecule has 25 heavy (non-hydrogen) atoms. The topological polar surface area (TPSA) is 83.9 Å². The fraction of sp³-hybridized carbons (Fsp3) is 0.167. The number of carbonyl (C=O) groups is 3. The number of ether oxygens (including phenoxy) is 1. The molecule has 1 aliphatic heterocycles. The Morgan fingerprint density at radius 2 is 1.84 bits per heavy atom. The Labute approximate surface area is 148 Å². The van der Waals surface area contributed by atoms with E-state index in [1.807, 2.05) is 0 Å². The largest absolute Gasteiger partial charge is 0.495 e. The molecule has 1 fully saturated rings. The lowest BCUT2D eigenvalue weighted by Crippen LogP contribution is -2.31. The highest BCUT2D eigenvalue weighted by Crippen LogP contribution is 2.38. The van der Waals surface area contributed by atoms with E-state index in [0.717, 1.165) is 16.7 Å². The minimum absolute atomic E-state index is 0.00943. The number of carboxylic acid groups (broad SMARTS) is 1. The number of nitrogens with zero attached hydrogens (tertiary/aromatic N) is 1. The number of hydrogen-bond donors (Lipinski definition) is 1. The van der Waals surface area contributed by atoms with Crippen molar-refractivity contribution in [2.45, 2.75) is 16.6 Å². The summed E-state index contributed by atoms with van der Waals surface area (Å²) in [5, 5.41) is 8.60. The predicted molar refractivity (Wildman–Crippen MR) is 93.2 cm³/mol. The molecule has 128 valence electrons. The van der Waals surface area contributed by atoms with Crippen LogP contribution in [0, 0.1) is 0 Å². The fourth-order valence-electron chi connectivity index (χ4n) is 2.66. The quantitative estimate of drug-likeness (QED) is 0.829. The zero-order valence-corrected chi connectivity index (χ0v) is 14.2. The number of imide groups is 1. The molecular formula is C18H15NO5S. The number of hydrogen-bond acceptors (Lipinski definition) is 5. The summed E-state index contributed by atoms with van der Waals surface area (Å²) in [6, 6.07) is 13.2. The second-order valence-corrected chi connectivity index (χ2v) is 6.60. The van der Waals surface area contributed by atoms with Crippen LogP contribution in [0.25, 0.3) is 0 Å². The van der Waals surface area contributed by atoms with Crippen molar-refractivity contribution in [3.63, 3.8) is 0 Å². The van der Waals surface area contributed by atoms with Gasteiger partial charge in [0, 0.05) is 11.3 Å². The Morgan fingerprint density at radius 3 is 2.56 bits per heavy atom. The molecule has 0 unspecified atom stereocenters. The maximum atomic E-state index is 12.8. The van der Waals surface area contributed by atoms with E-state index in [-0.39, 0.29) is 23.8 Å². The molecule has 2 aromatic rings.